The van der Waals surface area contributed by atoms with Gasteiger partial charge in [-0.3, -0.25) is 0 Å². The number of carbonyl (C=O) groups is 1. The van der Waals surface area contributed by atoms with Gasteiger partial charge in [-0.15, -0.1) is 0 Å². The van der Waals surface area contributed by atoms with Crippen LogP contribution in [0, 0.1) is 0 Å². The molecule has 1 saturated heterocycles. The Morgan fingerprint density at radius 1 is 1.55 bits per heavy atom. The molecule has 5 nitrogen and oxygen atoms in total. The Morgan fingerprint density at radius 3 is 2.73 bits per heavy atom. The number of ether oxygens (including phenoxy) is 2. The molecule has 0 bridgehead atoms. The molecule has 0 aromatic heterocycles. The van der Waals surface area contributed by atoms with Crippen LogP contribution in [0.1, 0.15) is 0 Å². The average molecular weight is 160 g/mol. The maximum Gasteiger partial charge on any atom is 0.404 e. The van der Waals surface area contributed by atoms with Gasteiger partial charge in [0, 0.05) is 13.1 Å². The van der Waals surface area contributed by atoms with E-state index in [1.807, 2.05) is 0 Å². The molecule has 0 spiro atoms. The molecule has 1 fully saturated rings. The minimum atomic E-state index is -0.750. The Labute approximate surface area is 64.8 Å². The molecule has 0 atom stereocenters. The molecule has 3 N–H and O–H groups in total. The van der Waals surface area contributed by atoms with Gasteiger partial charge >= 0.3 is 6.09 Å². The Morgan fingerprint density at radius 2 is 2.27 bits per heavy atom. The third kappa shape index (κ3) is 3.20. The molecule has 1 amide bonds. The number of amides is 1. The summed E-state index contributed by atoms with van der Waals surface area (Å²) in [7, 11) is 0. The summed E-state index contributed by atoms with van der Waals surface area (Å²) < 4.78 is 9.69. The van der Waals surface area contributed by atoms with E-state index in [9.17, 15) is 4.79 Å². The first kappa shape index (κ1) is 8.29. The van der Waals surface area contributed by atoms with Crippen LogP contribution in [-0.2, 0) is 9.47 Å². The molecule has 0 aliphatic carbocycles. The largest absolute Gasteiger partial charge is 0.447 e. The van der Waals surface area contributed by atoms with E-state index in [1.165, 1.54) is 0 Å². The molecule has 0 aromatic carbocycles. The molecule has 11 heavy (non-hydrogen) atoms. The Kier molecular flexibility index (Phi) is 3.13. The third-order valence-corrected chi connectivity index (χ3v) is 1.43. The quantitative estimate of drug-likeness (QED) is 0.521. The highest BCUT2D eigenvalue weighted by atomic mass is 16.6. The lowest BCUT2D eigenvalue weighted by molar-refractivity contribution is -0.00235. The van der Waals surface area contributed by atoms with Crippen molar-refractivity contribution in [3.8, 4) is 0 Å². The zero-order valence-electron chi connectivity index (χ0n) is 6.21. The number of primary amides is 1. The third-order valence-electron chi connectivity index (χ3n) is 1.43. The Hall–Kier alpha value is -0.810. The summed E-state index contributed by atoms with van der Waals surface area (Å²) in [5, 5.41) is 3.05. The number of nitrogens with one attached hydrogen (secondary N) is 1. The number of hydrogen-bond donors (Lipinski definition) is 2. The molecule has 1 aliphatic rings. The molecule has 0 radical (unpaired) electrons. The molecular formula is C6H12N2O3. The van der Waals surface area contributed by atoms with Crippen molar-refractivity contribution in [2.24, 2.45) is 5.73 Å². The number of rotatable bonds is 4. The van der Waals surface area contributed by atoms with Crippen LogP contribution in [0.4, 0.5) is 4.79 Å². The molecular weight excluding hydrogens is 148 g/mol. The van der Waals surface area contributed by atoms with E-state index in [4.69, 9.17) is 10.5 Å². The summed E-state index contributed by atoms with van der Waals surface area (Å²) >= 11 is 0. The fourth-order valence-corrected chi connectivity index (χ4v) is 0.737. The van der Waals surface area contributed by atoms with Crippen molar-refractivity contribution in [2.45, 2.75) is 6.10 Å². The smallest absolute Gasteiger partial charge is 0.404 e. The van der Waals surface area contributed by atoms with Gasteiger partial charge < -0.3 is 20.5 Å². The van der Waals surface area contributed by atoms with Crippen molar-refractivity contribution in [1.29, 1.82) is 0 Å². The number of hydrogen-bond acceptors (Lipinski definition) is 4. The van der Waals surface area contributed by atoms with Gasteiger partial charge in [-0.25, -0.2) is 4.79 Å². The molecule has 0 saturated carbocycles. The van der Waals surface area contributed by atoms with Crippen molar-refractivity contribution in [2.75, 3.05) is 26.3 Å². The average Bonchev–Trinajstić information content (AvgIpc) is 1.82. The van der Waals surface area contributed by atoms with Crippen molar-refractivity contribution < 1.29 is 14.3 Å². The lowest BCUT2D eigenvalue weighted by Gasteiger charge is -2.26. The zero-order valence-corrected chi connectivity index (χ0v) is 6.21. The van der Waals surface area contributed by atoms with Crippen LogP contribution >= 0.6 is 0 Å². The van der Waals surface area contributed by atoms with Crippen LogP contribution in [0.3, 0.4) is 0 Å². The van der Waals surface area contributed by atoms with Crippen molar-refractivity contribution in [3.05, 3.63) is 0 Å². The normalized spacial score (nSPS) is 17.5. The predicted molar refractivity (Wildman–Crippen MR) is 38.1 cm³/mol. The Balaban J connectivity index is 1.83. The highest BCUT2D eigenvalue weighted by Crippen LogP contribution is 1.96. The summed E-state index contributed by atoms with van der Waals surface area (Å²) in [5.74, 6) is 0. The Bertz CT molecular complexity index is 136. The van der Waals surface area contributed by atoms with E-state index in [0.29, 0.717) is 6.61 Å². The summed E-state index contributed by atoms with van der Waals surface area (Å²) in [6.07, 6.45) is -0.466. The van der Waals surface area contributed by atoms with Crippen molar-refractivity contribution in [3.63, 3.8) is 0 Å². The van der Waals surface area contributed by atoms with Gasteiger partial charge in [0.25, 0.3) is 0 Å². The van der Waals surface area contributed by atoms with Crippen LogP contribution in [0.15, 0.2) is 0 Å². The standard InChI is InChI=1S/C6H12N2O3/c7-6(9)11-2-1-10-5-3-8-4-5/h5,8H,1-4H2,(H2,7,9). The van der Waals surface area contributed by atoms with Gasteiger partial charge in [-0.2, -0.15) is 0 Å². The number of carbonyl (C=O) groups excluding carboxylic acids is 1. The van der Waals surface area contributed by atoms with Gasteiger partial charge in [-0.05, 0) is 0 Å². The van der Waals surface area contributed by atoms with E-state index in [2.05, 4.69) is 10.1 Å². The molecule has 1 heterocycles. The molecule has 1 aliphatic heterocycles. The monoisotopic (exact) mass is 160 g/mol. The van der Waals surface area contributed by atoms with E-state index in [-0.39, 0.29) is 12.7 Å². The van der Waals surface area contributed by atoms with Gasteiger partial charge in [0.15, 0.2) is 0 Å². The van der Waals surface area contributed by atoms with Gasteiger partial charge in [0.1, 0.15) is 6.61 Å². The highest BCUT2D eigenvalue weighted by molar-refractivity contribution is 5.64. The fourth-order valence-electron chi connectivity index (χ4n) is 0.737. The van der Waals surface area contributed by atoms with Crippen LogP contribution < -0.4 is 11.1 Å². The molecule has 64 valence electrons. The topological polar surface area (TPSA) is 73.6 Å². The van der Waals surface area contributed by atoms with E-state index < -0.39 is 6.09 Å². The lowest BCUT2D eigenvalue weighted by atomic mass is 10.2. The second-order valence-corrected chi connectivity index (χ2v) is 2.32. The van der Waals surface area contributed by atoms with Crippen LogP contribution in [0.2, 0.25) is 0 Å². The summed E-state index contributed by atoms with van der Waals surface area (Å²) in [6, 6.07) is 0. The first-order chi connectivity index (χ1) is 5.29. The number of nitrogens with two attached hydrogens (primary N) is 1. The fraction of sp³-hybridized carbons (Fsp3) is 0.833. The maximum absolute atomic E-state index is 10.1. The van der Waals surface area contributed by atoms with E-state index in [1.54, 1.807) is 0 Å². The van der Waals surface area contributed by atoms with Gasteiger partial charge in [-0.1, -0.05) is 0 Å². The lowest BCUT2D eigenvalue weighted by Crippen LogP contribution is -2.48. The molecule has 1 rings (SSSR count). The molecule has 0 aromatic rings. The van der Waals surface area contributed by atoms with Crippen LogP contribution in [-0.4, -0.2) is 38.5 Å². The summed E-state index contributed by atoms with van der Waals surface area (Å²) in [6.45, 7) is 2.44. The second kappa shape index (κ2) is 4.15. The predicted octanol–water partition coefficient (Wildman–Crippen LogP) is -0.930. The van der Waals surface area contributed by atoms with Crippen LogP contribution in [0.5, 0.6) is 0 Å². The van der Waals surface area contributed by atoms with E-state index >= 15 is 0 Å². The van der Waals surface area contributed by atoms with Crippen molar-refractivity contribution >= 4 is 6.09 Å². The molecule has 0 unspecified atom stereocenters. The minimum Gasteiger partial charge on any atom is -0.447 e. The van der Waals surface area contributed by atoms with Crippen molar-refractivity contribution in [1.82, 2.24) is 5.32 Å². The first-order valence-electron chi connectivity index (χ1n) is 3.53. The van der Waals surface area contributed by atoms with Crippen LogP contribution in [0.25, 0.3) is 0 Å². The minimum absolute atomic E-state index is 0.242. The summed E-state index contributed by atoms with van der Waals surface area (Å²) in [5.41, 5.74) is 4.73. The van der Waals surface area contributed by atoms with Gasteiger partial charge in [0.05, 0.1) is 12.7 Å². The maximum atomic E-state index is 10.1. The zero-order chi connectivity index (χ0) is 8.10. The second-order valence-electron chi connectivity index (χ2n) is 2.32. The molecule has 5 heteroatoms. The summed E-state index contributed by atoms with van der Waals surface area (Å²) in [4.78, 5) is 10.1. The van der Waals surface area contributed by atoms with E-state index in [0.717, 1.165) is 13.1 Å². The van der Waals surface area contributed by atoms with Gasteiger partial charge in [0.2, 0.25) is 0 Å². The SMILES string of the molecule is NC(=O)OCCOC1CNC1. The highest BCUT2D eigenvalue weighted by Gasteiger charge is 2.16. The first-order valence-corrected chi connectivity index (χ1v) is 3.53.